The summed E-state index contributed by atoms with van der Waals surface area (Å²) in [6.45, 7) is 6.96. The number of likely N-dealkylation sites (tertiary alicyclic amines) is 2. The average Bonchev–Trinajstić information content (AvgIpc) is 3.17. The molecule has 2 amide bonds. The second-order valence-electron chi connectivity index (χ2n) is 8.32. The Bertz CT molecular complexity index is 801. The fraction of sp³-hybridized carbons (Fsp3) is 0.650. The van der Waals surface area contributed by atoms with Gasteiger partial charge in [0.05, 0.1) is 6.54 Å². The number of nitrogens with zero attached hydrogens (tertiary/aromatic N) is 5. The minimum atomic E-state index is -0.605. The van der Waals surface area contributed by atoms with Crippen molar-refractivity contribution in [3.05, 3.63) is 18.1 Å². The first-order valence-corrected chi connectivity index (χ1v) is 9.94. The quantitative estimate of drug-likeness (QED) is 0.763. The zero-order valence-electron chi connectivity index (χ0n) is 17.1. The fourth-order valence-corrected chi connectivity index (χ4v) is 3.65. The number of hydrogen-bond acceptors (Lipinski definition) is 7. The topological polar surface area (TPSA) is 109 Å². The van der Waals surface area contributed by atoms with Crippen LogP contribution < -0.4 is 4.74 Å². The largest absolute Gasteiger partial charge is 0.470 e. The van der Waals surface area contributed by atoms with E-state index in [1.165, 1.54) is 17.3 Å². The lowest BCUT2D eigenvalue weighted by atomic mass is 10.1. The van der Waals surface area contributed by atoms with E-state index in [9.17, 15) is 9.59 Å². The van der Waals surface area contributed by atoms with E-state index in [-0.39, 0.29) is 23.6 Å². The van der Waals surface area contributed by atoms with E-state index < -0.39 is 17.7 Å². The number of piperidine rings is 1. The summed E-state index contributed by atoms with van der Waals surface area (Å²) >= 11 is 0. The minimum Gasteiger partial charge on any atom is -0.470 e. The van der Waals surface area contributed by atoms with Gasteiger partial charge in [-0.3, -0.25) is 9.69 Å². The lowest BCUT2D eigenvalue weighted by molar-refractivity contribution is -0.138. The van der Waals surface area contributed by atoms with Crippen LogP contribution in [0.1, 0.15) is 52.1 Å². The number of carbonyl (C=O) groups excluding carboxylic acids is 2. The van der Waals surface area contributed by atoms with Crippen molar-refractivity contribution in [2.24, 2.45) is 0 Å². The van der Waals surface area contributed by atoms with E-state index in [0.717, 1.165) is 19.3 Å². The number of ether oxygens (including phenoxy) is 2. The first kappa shape index (κ1) is 20.8. The second-order valence-corrected chi connectivity index (χ2v) is 8.32. The van der Waals surface area contributed by atoms with Gasteiger partial charge in [-0.2, -0.15) is 5.26 Å². The number of carbonyl (C=O) groups is 2. The lowest BCUT2D eigenvalue weighted by Crippen LogP contribution is -2.53. The molecule has 2 aliphatic rings. The predicted molar refractivity (Wildman–Crippen MR) is 103 cm³/mol. The molecule has 2 unspecified atom stereocenters. The maximum absolute atomic E-state index is 13.1. The van der Waals surface area contributed by atoms with Crippen molar-refractivity contribution >= 4 is 12.0 Å². The van der Waals surface area contributed by atoms with Crippen molar-refractivity contribution in [2.45, 2.75) is 64.2 Å². The van der Waals surface area contributed by atoms with Crippen LogP contribution in [-0.2, 0) is 9.53 Å². The van der Waals surface area contributed by atoms with Gasteiger partial charge in [-0.15, -0.1) is 0 Å². The molecule has 0 aromatic carbocycles. The maximum Gasteiger partial charge on any atom is 0.410 e. The lowest BCUT2D eigenvalue weighted by Gasteiger charge is -2.36. The van der Waals surface area contributed by atoms with Gasteiger partial charge in [-0.1, -0.05) is 0 Å². The van der Waals surface area contributed by atoms with E-state index in [1.807, 2.05) is 26.8 Å². The van der Waals surface area contributed by atoms with Gasteiger partial charge < -0.3 is 14.4 Å². The van der Waals surface area contributed by atoms with Crippen LogP contribution in [0.15, 0.2) is 12.4 Å². The predicted octanol–water partition coefficient (Wildman–Crippen LogP) is 2.12. The molecule has 0 saturated carbocycles. The highest BCUT2D eigenvalue weighted by Crippen LogP contribution is 2.25. The van der Waals surface area contributed by atoms with Crippen LogP contribution in [0.4, 0.5) is 4.79 Å². The number of nitriles is 1. The van der Waals surface area contributed by atoms with Crippen molar-refractivity contribution < 1.29 is 19.1 Å². The molecule has 3 heterocycles. The third kappa shape index (κ3) is 5.13. The molecular formula is C20H27N5O4. The van der Waals surface area contributed by atoms with E-state index >= 15 is 0 Å². The van der Waals surface area contributed by atoms with Gasteiger partial charge in [0, 0.05) is 25.5 Å². The molecular weight excluding hydrogens is 374 g/mol. The molecule has 2 fully saturated rings. The molecule has 3 rings (SSSR count). The van der Waals surface area contributed by atoms with Gasteiger partial charge in [0.2, 0.25) is 11.6 Å². The van der Waals surface area contributed by atoms with E-state index in [2.05, 4.69) is 9.97 Å². The molecule has 2 atom stereocenters. The van der Waals surface area contributed by atoms with Gasteiger partial charge in [0.1, 0.15) is 23.8 Å². The molecule has 0 bridgehead atoms. The first-order valence-electron chi connectivity index (χ1n) is 9.94. The summed E-state index contributed by atoms with van der Waals surface area (Å²) in [5.41, 5.74) is -0.477. The maximum atomic E-state index is 13.1. The molecule has 0 radical (unpaired) electrons. The number of rotatable bonds is 3. The molecule has 29 heavy (non-hydrogen) atoms. The second kappa shape index (κ2) is 8.64. The van der Waals surface area contributed by atoms with Crippen molar-refractivity contribution in [3.8, 4) is 11.9 Å². The summed E-state index contributed by atoms with van der Waals surface area (Å²) in [4.78, 5) is 36.9. The highest BCUT2D eigenvalue weighted by Gasteiger charge is 2.40. The van der Waals surface area contributed by atoms with Crippen LogP contribution in [0.3, 0.4) is 0 Å². The Labute approximate surface area is 170 Å². The number of amides is 2. The van der Waals surface area contributed by atoms with Gasteiger partial charge in [-0.05, 0) is 46.5 Å². The van der Waals surface area contributed by atoms with Crippen LogP contribution in [0, 0.1) is 11.3 Å². The molecule has 2 aliphatic heterocycles. The van der Waals surface area contributed by atoms with Crippen LogP contribution >= 0.6 is 0 Å². The summed E-state index contributed by atoms with van der Waals surface area (Å²) < 4.78 is 11.3. The van der Waals surface area contributed by atoms with Gasteiger partial charge in [-0.25, -0.2) is 14.8 Å². The van der Waals surface area contributed by atoms with E-state index in [4.69, 9.17) is 14.7 Å². The summed E-state index contributed by atoms with van der Waals surface area (Å²) in [5.74, 6) is 0.104. The van der Waals surface area contributed by atoms with Crippen molar-refractivity contribution in [1.82, 2.24) is 19.8 Å². The Kier molecular flexibility index (Phi) is 6.20. The Morgan fingerprint density at radius 1 is 1.17 bits per heavy atom. The van der Waals surface area contributed by atoms with E-state index in [0.29, 0.717) is 26.1 Å². The Morgan fingerprint density at radius 2 is 1.90 bits per heavy atom. The third-order valence-corrected chi connectivity index (χ3v) is 4.90. The summed E-state index contributed by atoms with van der Waals surface area (Å²) in [6.07, 6.45) is 5.12. The van der Waals surface area contributed by atoms with Gasteiger partial charge in [0.25, 0.3) is 5.88 Å². The van der Waals surface area contributed by atoms with Crippen molar-refractivity contribution in [2.75, 3.05) is 19.6 Å². The zero-order valence-corrected chi connectivity index (χ0v) is 17.1. The Morgan fingerprint density at radius 3 is 2.62 bits per heavy atom. The number of aromatic nitrogens is 2. The minimum absolute atomic E-state index is 0.0821. The fourth-order valence-electron chi connectivity index (χ4n) is 3.65. The average molecular weight is 401 g/mol. The molecule has 1 aromatic heterocycles. The normalized spacial score (nSPS) is 22.1. The highest BCUT2D eigenvalue weighted by atomic mass is 16.6. The summed E-state index contributed by atoms with van der Waals surface area (Å²) in [5, 5.41) is 9.15. The summed E-state index contributed by atoms with van der Waals surface area (Å²) in [7, 11) is 0. The zero-order chi connectivity index (χ0) is 21.0. The molecule has 9 nitrogen and oxygen atoms in total. The SMILES string of the molecule is CC(C)(C)OC(=O)N1CCCC1C(=O)N1CCCC(Oc2nccnc2C#N)C1. The highest BCUT2D eigenvalue weighted by molar-refractivity contribution is 5.86. The summed E-state index contributed by atoms with van der Waals surface area (Å²) in [6, 6.07) is 1.46. The molecule has 2 saturated heterocycles. The Hall–Kier alpha value is -2.89. The van der Waals surface area contributed by atoms with Crippen LogP contribution in [0.25, 0.3) is 0 Å². The molecule has 0 N–H and O–H groups in total. The molecule has 1 aromatic rings. The smallest absolute Gasteiger partial charge is 0.410 e. The van der Waals surface area contributed by atoms with Crippen molar-refractivity contribution in [1.29, 1.82) is 5.26 Å². The number of hydrogen-bond donors (Lipinski definition) is 0. The van der Waals surface area contributed by atoms with Crippen LogP contribution in [0.2, 0.25) is 0 Å². The third-order valence-electron chi connectivity index (χ3n) is 4.90. The molecule has 9 heteroatoms. The molecule has 0 spiro atoms. The van der Waals surface area contributed by atoms with Crippen molar-refractivity contribution in [3.63, 3.8) is 0 Å². The van der Waals surface area contributed by atoms with Crippen LogP contribution in [-0.4, -0.2) is 69.1 Å². The first-order chi connectivity index (χ1) is 13.8. The standard InChI is InChI=1S/C20H27N5O4/c1-20(2,3)29-19(27)25-11-5-7-16(25)18(26)24-10-4-6-14(13-24)28-17-15(12-21)22-8-9-23-17/h8-9,14,16H,4-7,10-11,13H2,1-3H3. The monoisotopic (exact) mass is 401 g/mol. The van der Waals surface area contributed by atoms with Crippen LogP contribution in [0.5, 0.6) is 5.88 Å². The van der Waals surface area contributed by atoms with Gasteiger partial charge >= 0.3 is 6.09 Å². The van der Waals surface area contributed by atoms with Gasteiger partial charge in [0.15, 0.2) is 0 Å². The molecule has 0 aliphatic carbocycles. The Balaban J connectivity index is 1.64. The molecule has 156 valence electrons. The van der Waals surface area contributed by atoms with E-state index in [1.54, 1.807) is 4.90 Å².